The number of hydrogen-bond donors (Lipinski definition) is 1. The Labute approximate surface area is 89.3 Å². The highest BCUT2D eigenvalue weighted by Gasteiger charge is 2.05. The second kappa shape index (κ2) is 2.95. The van der Waals surface area contributed by atoms with Crippen molar-refractivity contribution in [2.45, 2.75) is 0 Å². The molecule has 0 aromatic heterocycles. The monoisotopic (exact) mass is 199 g/mol. The van der Waals surface area contributed by atoms with Gasteiger partial charge in [-0.15, -0.1) is 0 Å². The summed E-state index contributed by atoms with van der Waals surface area (Å²) < 4.78 is 15.1. The van der Waals surface area contributed by atoms with Crippen LogP contribution in [0.4, 0.5) is 0 Å². The zero-order valence-corrected chi connectivity index (χ0v) is 7.87. The molecule has 0 saturated carbocycles. The molecule has 3 rings (SSSR count). The van der Waals surface area contributed by atoms with Gasteiger partial charge in [0.05, 0.1) is 2.74 Å². The summed E-state index contributed by atoms with van der Waals surface area (Å²) in [6.45, 7) is 0. The largest absolute Gasteiger partial charge is 0.354 e. The molecule has 2 nitrogen and oxygen atoms in total. The van der Waals surface area contributed by atoms with Gasteiger partial charge in [0.15, 0.2) is 5.43 Å². The number of para-hydroxylation sites is 1. The van der Waals surface area contributed by atoms with Crippen molar-refractivity contribution in [2.24, 2.45) is 0 Å². The Morgan fingerprint density at radius 3 is 3.00 bits per heavy atom. The van der Waals surface area contributed by atoms with Crippen molar-refractivity contribution in [3.63, 3.8) is 0 Å². The number of hydrogen-bond acceptors (Lipinski definition) is 1. The lowest BCUT2D eigenvalue weighted by atomic mass is 10.1. The topological polar surface area (TPSA) is 32.9 Å². The molecule has 1 aliphatic heterocycles. The molecule has 0 atom stereocenters. The van der Waals surface area contributed by atoms with Crippen LogP contribution in [-0.2, 0) is 0 Å². The summed E-state index contributed by atoms with van der Waals surface area (Å²) >= 11 is 0. The molecule has 1 aliphatic carbocycles. The van der Waals surface area contributed by atoms with Gasteiger partial charge < -0.3 is 4.98 Å². The first kappa shape index (κ1) is 6.40. The summed E-state index contributed by atoms with van der Waals surface area (Å²) in [7, 11) is 0. The maximum absolute atomic E-state index is 11.9. The second-order valence-electron chi connectivity index (χ2n) is 3.43. The third-order valence-corrected chi connectivity index (χ3v) is 2.47. The van der Waals surface area contributed by atoms with E-state index in [1.807, 2.05) is 24.3 Å². The lowest BCUT2D eigenvalue weighted by Crippen LogP contribution is -2.04. The van der Waals surface area contributed by atoms with Gasteiger partial charge in [0.25, 0.3) is 0 Å². The minimum absolute atomic E-state index is 0.0472. The van der Waals surface area contributed by atoms with Crippen LogP contribution < -0.4 is 5.43 Å². The van der Waals surface area contributed by atoms with Crippen molar-refractivity contribution < 1.29 is 2.74 Å². The van der Waals surface area contributed by atoms with E-state index >= 15 is 0 Å². The number of aromatic amines is 1. The minimum atomic E-state index is -0.394. The van der Waals surface area contributed by atoms with Gasteiger partial charge in [-0.1, -0.05) is 24.2 Å². The standard InChI is InChI=1S/C13H9NO/c15-13-7-3-6-12-10(13)8-9-4-1-2-5-11(9)14-12/h1-8,14H/i3T,7T. The van der Waals surface area contributed by atoms with Crippen LogP contribution in [-0.4, -0.2) is 4.98 Å². The number of H-pyrrole nitrogens is 1. The van der Waals surface area contributed by atoms with Crippen LogP contribution in [0, 0.1) is 0 Å². The van der Waals surface area contributed by atoms with Crippen LogP contribution in [0.25, 0.3) is 22.2 Å². The smallest absolute Gasteiger partial charge is 0.187 e. The fraction of sp³-hybridized carbons (Fsp3) is 0. The average molecular weight is 199 g/mol. The van der Waals surface area contributed by atoms with Crippen LogP contribution in [0.2, 0.25) is 0 Å². The van der Waals surface area contributed by atoms with E-state index in [0.717, 1.165) is 10.9 Å². The highest BCUT2D eigenvalue weighted by atomic mass is 16.1. The number of fused-ring (bicyclic) bond motifs is 2. The molecule has 0 bridgehead atoms. The Hall–Kier alpha value is -2.09. The molecule has 0 unspecified atom stereocenters. The lowest BCUT2D eigenvalue weighted by molar-refractivity contribution is 1.37. The van der Waals surface area contributed by atoms with E-state index in [-0.39, 0.29) is 12.1 Å². The predicted molar refractivity (Wildman–Crippen MR) is 61.2 cm³/mol. The van der Waals surface area contributed by atoms with Gasteiger partial charge in [0.1, 0.15) is 0 Å². The molecule has 0 saturated heterocycles. The fourth-order valence-electron chi connectivity index (χ4n) is 1.73. The van der Waals surface area contributed by atoms with Gasteiger partial charge in [0.2, 0.25) is 0 Å². The van der Waals surface area contributed by atoms with Crippen LogP contribution >= 0.6 is 0 Å². The highest BCUT2D eigenvalue weighted by Crippen LogP contribution is 2.20. The maximum atomic E-state index is 11.9. The molecule has 1 aromatic carbocycles. The van der Waals surface area contributed by atoms with Crippen molar-refractivity contribution in [1.82, 2.24) is 4.98 Å². The predicted octanol–water partition coefficient (Wildman–Crippen LogP) is 2.63. The van der Waals surface area contributed by atoms with Crippen LogP contribution in [0.5, 0.6) is 0 Å². The normalized spacial score (nSPS) is 12.8. The Morgan fingerprint density at radius 2 is 2.07 bits per heavy atom. The zero-order chi connectivity index (χ0) is 12.0. The van der Waals surface area contributed by atoms with E-state index in [4.69, 9.17) is 2.74 Å². The number of aromatic nitrogens is 1. The Balaban J connectivity index is 2.53. The van der Waals surface area contributed by atoms with Gasteiger partial charge in [-0.25, -0.2) is 0 Å². The van der Waals surface area contributed by atoms with E-state index < -0.39 is 5.43 Å². The summed E-state index contributed by atoms with van der Waals surface area (Å²) in [5.74, 6) is 0. The average Bonchev–Trinajstić information content (AvgIpc) is 2.34. The van der Waals surface area contributed by atoms with Crippen molar-refractivity contribution in [3.05, 3.63) is 58.7 Å². The zero-order valence-electron chi connectivity index (χ0n) is 9.87. The van der Waals surface area contributed by atoms with E-state index in [0.29, 0.717) is 11.3 Å². The summed E-state index contributed by atoms with van der Waals surface area (Å²) in [6, 6.07) is 10.6. The molecule has 0 radical (unpaired) electrons. The van der Waals surface area contributed by atoms with Crippen molar-refractivity contribution in [1.29, 1.82) is 0 Å². The number of benzene rings is 2. The first-order valence-corrected chi connectivity index (χ1v) is 4.69. The molecule has 0 spiro atoms. The summed E-state index contributed by atoms with van der Waals surface area (Å²) in [5.41, 5.74) is 1.59. The van der Waals surface area contributed by atoms with Gasteiger partial charge >= 0.3 is 0 Å². The molecule has 0 fully saturated rings. The third kappa shape index (κ3) is 1.22. The molecule has 0 amide bonds. The first-order valence-electron chi connectivity index (χ1n) is 5.69. The Kier molecular flexibility index (Phi) is 1.26. The molecule has 1 aromatic rings. The Morgan fingerprint density at radius 1 is 1.20 bits per heavy atom. The molecular weight excluding hydrogens is 186 g/mol. The first-order chi connectivity index (χ1) is 8.16. The molecule has 2 aliphatic rings. The van der Waals surface area contributed by atoms with E-state index in [1.54, 1.807) is 6.07 Å². The van der Waals surface area contributed by atoms with Gasteiger partial charge in [-0.2, -0.15) is 0 Å². The third-order valence-electron chi connectivity index (χ3n) is 2.47. The number of nitrogens with one attached hydrogen (secondary N) is 1. The lowest BCUT2D eigenvalue weighted by Gasteiger charge is -2.06. The van der Waals surface area contributed by atoms with Crippen LogP contribution in [0.15, 0.2) is 53.3 Å². The van der Waals surface area contributed by atoms with E-state index in [2.05, 4.69) is 4.98 Å². The van der Waals surface area contributed by atoms with Crippen LogP contribution in [0.3, 0.4) is 0 Å². The summed E-state index contributed by atoms with van der Waals surface area (Å²) in [4.78, 5) is 15.0. The van der Waals surface area contributed by atoms with Gasteiger partial charge in [-0.05, 0) is 29.6 Å². The number of pyridine rings is 1. The molecule has 72 valence electrons. The van der Waals surface area contributed by atoms with Gasteiger partial charge in [0, 0.05) is 16.8 Å². The van der Waals surface area contributed by atoms with Crippen molar-refractivity contribution in [3.8, 4) is 11.3 Å². The molecule has 1 N–H and O–H groups in total. The summed E-state index contributed by atoms with van der Waals surface area (Å²) in [5, 5.41) is 0.925. The van der Waals surface area contributed by atoms with Gasteiger partial charge in [-0.3, -0.25) is 4.79 Å². The minimum Gasteiger partial charge on any atom is -0.354 e. The summed E-state index contributed by atoms with van der Waals surface area (Å²) in [6.07, 6.45) is 0. The highest BCUT2D eigenvalue weighted by molar-refractivity contribution is 5.85. The van der Waals surface area contributed by atoms with E-state index in [1.165, 1.54) is 6.07 Å². The number of rotatable bonds is 0. The maximum Gasteiger partial charge on any atom is 0.187 e. The molecule has 1 heterocycles. The SMILES string of the molecule is [3H]c1cc2[nH]c3ccccc3cc-2c(=O)c1[3H]. The Bertz CT molecular complexity index is 748. The second-order valence-corrected chi connectivity index (χ2v) is 3.43. The molecule has 15 heavy (non-hydrogen) atoms. The van der Waals surface area contributed by atoms with Crippen molar-refractivity contribution >= 4 is 10.9 Å². The van der Waals surface area contributed by atoms with E-state index in [9.17, 15) is 4.79 Å². The quantitative estimate of drug-likeness (QED) is 0.555. The van der Waals surface area contributed by atoms with Crippen molar-refractivity contribution in [2.75, 3.05) is 0 Å². The fourth-order valence-corrected chi connectivity index (χ4v) is 1.73. The molecular formula is C13H9NO. The molecule has 2 heteroatoms. The van der Waals surface area contributed by atoms with Crippen LogP contribution in [0.1, 0.15) is 2.74 Å².